The van der Waals surface area contributed by atoms with Gasteiger partial charge in [-0.1, -0.05) is 6.07 Å². The van der Waals surface area contributed by atoms with Crippen LogP contribution in [0.4, 0.5) is 10.1 Å². The minimum Gasteiger partial charge on any atom is -0.505 e. The van der Waals surface area contributed by atoms with Gasteiger partial charge in [0, 0.05) is 17.4 Å². The molecular formula is C13H11FN2O2. The Morgan fingerprint density at radius 2 is 2.11 bits per heavy atom. The van der Waals surface area contributed by atoms with Gasteiger partial charge >= 0.3 is 0 Å². The minimum absolute atomic E-state index is 0.253. The Bertz CT molecular complexity index is 599. The van der Waals surface area contributed by atoms with Crippen LogP contribution in [0.15, 0.2) is 36.4 Å². The summed E-state index contributed by atoms with van der Waals surface area (Å²) in [6.07, 6.45) is 0. The van der Waals surface area contributed by atoms with Crippen LogP contribution in [0.3, 0.4) is 0 Å². The first kappa shape index (κ1) is 12.0. The van der Waals surface area contributed by atoms with Crippen molar-refractivity contribution in [1.82, 2.24) is 4.98 Å². The monoisotopic (exact) mass is 246 g/mol. The van der Waals surface area contributed by atoms with E-state index in [9.17, 15) is 9.18 Å². The lowest BCUT2D eigenvalue weighted by Gasteiger charge is -2.05. The number of aromatic nitrogens is 1. The van der Waals surface area contributed by atoms with Crippen molar-refractivity contribution < 1.29 is 14.3 Å². The van der Waals surface area contributed by atoms with Crippen molar-refractivity contribution in [2.24, 2.45) is 0 Å². The first-order valence-electron chi connectivity index (χ1n) is 5.30. The van der Waals surface area contributed by atoms with Crippen LogP contribution in [-0.4, -0.2) is 16.0 Å². The predicted molar refractivity (Wildman–Crippen MR) is 65.0 cm³/mol. The van der Waals surface area contributed by atoms with Gasteiger partial charge in [0.1, 0.15) is 5.69 Å². The van der Waals surface area contributed by atoms with Crippen LogP contribution in [0.25, 0.3) is 0 Å². The Morgan fingerprint density at radius 3 is 2.78 bits per heavy atom. The topological polar surface area (TPSA) is 62.2 Å². The molecule has 0 aliphatic carbocycles. The SMILES string of the molecule is Cc1cccc(C(=O)Nc2ccc(O)c(F)c2)n1. The van der Waals surface area contributed by atoms with Gasteiger partial charge in [-0.05, 0) is 31.2 Å². The smallest absolute Gasteiger partial charge is 0.274 e. The average molecular weight is 246 g/mol. The zero-order valence-electron chi connectivity index (χ0n) is 9.64. The molecule has 0 aliphatic heterocycles. The molecule has 0 aliphatic rings. The van der Waals surface area contributed by atoms with Gasteiger partial charge in [0.05, 0.1) is 0 Å². The number of halogens is 1. The lowest BCUT2D eigenvalue weighted by molar-refractivity contribution is 0.102. The van der Waals surface area contributed by atoms with E-state index in [4.69, 9.17) is 5.11 Å². The fraction of sp³-hybridized carbons (Fsp3) is 0.0769. The number of phenols is 1. The van der Waals surface area contributed by atoms with Crippen LogP contribution in [-0.2, 0) is 0 Å². The molecule has 4 nitrogen and oxygen atoms in total. The predicted octanol–water partition coefficient (Wildman–Crippen LogP) is 2.49. The van der Waals surface area contributed by atoms with Crippen LogP contribution >= 0.6 is 0 Å². The molecule has 0 saturated heterocycles. The molecule has 0 saturated carbocycles. The third-order valence-corrected chi connectivity index (χ3v) is 2.33. The summed E-state index contributed by atoms with van der Waals surface area (Å²) in [4.78, 5) is 15.9. The molecule has 0 atom stereocenters. The van der Waals surface area contributed by atoms with E-state index in [1.165, 1.54) is 12.1 Å². The largest absolute Gasteiger partial charge is 0.505 e. The zero-order valence-corrected chi connectivity index (χ0v) is 9.64. The van der Waals surface area contributed by atoms with Crippen molar-refractivity contribution in [3.63, 3.8) is 0 Å². The summed E-state index contributed by atoms with van der Waals surface area (Å²) in [7, 11) is 0. The lowest BCUT2D eigenvalue weighted by atomic mass is 10.2. The molecule has 1 amide bonds. The molecule has 92 valence electrons. The molecule has 2 aromatic rings. The number of aromatic hydroxyl groups is 1. The van der Waals surface area contributed by atoms with E-state index in [2.05, 4.69) is 10.3 Å². The first-order valence-corrected chi connectivity index (χ1v) is 5.30. The maximum absolute atomic E-state index is 13.1. The summed E-state index contributed by atoms with van der Waals surface area (Å²) in [5.41, 5.74) is 1.24. The van der Waals surface area contributed by atoms with Crippen molar-refractivity contribution in [1.29, 1.82) is 0 Å². The molecule has 1 aromatic heterocycles. The van der Waals surface area contributed by atoms with Gasteiger partial charge < -0.3 is 10.4 Å². The second-order valence-corrected chi connectivity index (χ2v) is 3.78. The number of hydrogen-bond acceptors (Lipinski definition) is 3. The van der Waals surface area contributed by atoms with Crippen LogP contribution in [0.5, 0.6) is 5.75 Å². The lowest BCUT2D eigenvalue weighted by Crippen LogP contribution is -2.14. The normalized spacial score (nSPS) is 10.1. The van der Waals surface area contributed by atoms with Gasteiger partial charge in [-0.3, -0.25) is 4.79 Å². The van der Waals surface area contributed by atoms with Gasteiger partial charge in [-0.25, -0.2) is 9.37 Å². The molecule has 5 heteroatoms. The number of phenolic OH excluding ortho intramolecular Hbond substituents is 1. The summed E-state index contributed by atoms with van der Waals surface area (Å²) in [5, 5.41) is 11.5. The van der Waals surface area contributed by atoms with Crippen molar-refractivity contribution in [3.8, 4) is 5.75 Å². The maximum atomic E-state index is 13.1. The van der Waals surface area contributed by atoms with Crippen LogP contribution in [0.1, 0.15) is 16.2 Å². The number of aryl methyl sites for hydroxylation is 1. The fourth-order valence-corrected chi connectivity index (χ4v) is 1.45. The molecule has 0 unspecified atom stereocenters. The third kappa shape index (κ3) is 2.63. The molecule has 0 spiro atoms. The van der Waals surface area contributed by atoms with Crippen LogP contribution in [0.2, 0.25) is 0 Å². The van der Waals surface area contributed by atoms with Crippen molar-refractivity contribution in [2.75, 3.05) is 5.32 Å². The molecule has 1 heterocycles. The number of rotatable bonds is 2. The quantitative estimate of drug-likeness (QED) is 0.800. The minimum atomic E-state index is -0.787. The highest BCUT2D eigenvalue weighted by molar-refractivity contribution is 6.02. The van der Waals surface area contributed by atoms with Crippen LogP contribution in [0, 0.1) is 12.7 Å². The Morgan fingerprint density at radius 1 is 1.33 bits per heavy atom. The van der Waals surface area contributed by atoms with E-state index in [1.807, 2.05) is 0 Å². The van der Waals surface area contributed by atoms with Crippen LogP contribution < -0.4 is 5.32 Å². The summed E-state index contributed by atoms with van der Waals surface area (Å²) >= 11 is 0. The number of carbonyl (C=O) groups is 1. The number of nitrogens with one attached hydrogen (secondary N) is 1. The summed E-state index contributed by atoms with van der Waals surface area (Å²) in [6.45, 7) is 1.77. The number of nitrogens with zero attached hydrogens (tertiary/aromatic N) is 1. The van der Waals surface area contributed by atoms with Gasteiger partial charge in [0.2, 0.25) is 0 Å². The Balaban J connectivity index is 2.18. The highest BCUT2D eigenvalue weighted by atomic mass is 19.1. The Kier molecular flexibility index (Phi) is 3.23. The van der Waals surface area contributed by atoms with Crippen molar-refractivity contribution in [3.05, 3.63) is 53.6 Å². The summed E-state index contributed by atoms with van der Waals surface area (Å²) in [5.74, 6) is -1.67. The second kappa shape index (κ2) is 4.83. The standard InChI is InChI=1S/C13H11FN2O2/c1-8-3-2-4-11(15-8)13(18)16-9-5-6-12(17)10(14)7-9/h2-7,17H,1H3,(H,16,18). The van der Waals surface area contributed by atoms with Gasteiger partial charge in [-0.2, -0.15) is 0 Å². The van der Waals surface area contributed by atoms with Crippen molar-refractivity contribution in [2.45, 2.75) is 6.92 Å². The van der Waals surface area contributed by atoms with Gasteiger partial charge in [0.25, 0.3) is 5.91 Å². The average Bonchev–Trinajstić information content (AvgIpc) is 2.34. The van der Waals surface area contributed by atoms with Gasteiger partial charge in [-0.15, -0.1) is 0 Å². The Labute approximate surface area is 103 Å². The molecule has 0 bridgehead atoms. The number of amides is 1. The molecule has 2 N–H and O–H groups in total. The Hall–Kier alpha value is -2.43. The summed E-state index contributed by atoms with van der Waals surface area (Å²) in [6, 6.07) is 8.69. The number of hydrogen-bond donors (Lipinski definition) is 2. The molecule has 0 radical (unpaired) electrons. The fourth-order valence-electron chi connectivity index (χ4n) is 1.45. The third-order valence-electron chi connectivity index (χ3n) is 2.33. The highest BCUT2D eigenvalue weighted by Crippen LogP contribution is 2.19. The molecule has 1 aromatic carbocycles. The first-order chi connectivity index (χ1) is 8.56. The number of benzene rings is 1. The zero-order chi connectivity index (χ0) is 13.1. The van der Waals surface area contributed by atoms with E-state index in [0.29, 0.717) is 0 Å². The second-order valence-electron chi connectivity index (χ2n) is 3.78. The van der Waals surface area contributed by atoms with E-state index in [0.717, 1.165) is 11.8 Å². The van der Waals surface area contributed by atoms with Gasteiger partial charge in [0.15, 0.2) is 11.6 Å². The van der Waals surface area contributed by atoms with Crippen molar-refractivity contribution >= 4 is 11.6 Å². The maximum Gasteiger partial charge on any atom is 0.274 e. The highest BCUT2D eigenvalue weighted by Gasteiger charge is 2.09. The van der Waals surface area contributed by atoms with E-state index < -0.39 is 17.5 Å². The molecular weight excluding hydrogens is 235 g/mol. The van der Waals surface area contributed by atoms with E-state index in [1.54, 1.807) is 25.1 Å². The number of anilines is 1. The summed E-state index contributed by atoms with van der Waals surface area (Å²) < 4.78 is 13.1. The molecule has 18 heavy (non-hydrogen) atoms. The van der Waals surface area contributed by atoms with E-state index in [-0.39, 0.29) is 11.4 Å². The van der Waals surface area contributed by atoms with E-state index >= 15 is 0 Å². The number of pyridine rings is 1. The molecule has 2 rings (SSSR count). The number of carbonyl (C=O) groups excluding carboxylic acids is 1. The molecule has 0 fully saturated rings.